The maximum atomic E-state index is 12.0. The molecule has 1 aliphatic rings. The number of carbonyl (C=O) groups excluding carboxylic acids is 1. The first-order valence-corrected chi connectivity index (χ1v) is 8.98. The number of piperazine rings is 1. The van der Waals surface area contributed by atoms with Crippen LogP contribution in [0.3, 0.4) is 0 Å². The topological polar surface area (TPSA) is 60.8 Å². The summed E-state index contributed by atoms with van der Waals surface area (Å²) >= 11 is 6.23. The monoisotopic (exact) mass is 371 g/mol. The summed E-state index contributed by atoms with van der Waals surface area (Å²) in [6.07, 6.45) is 4.98. The Morgan fingerprint density at radius 1 is 1.12 bits per heavy atom. The maximum absolute atomic E-state index is 12.0. The summed E-state index contributed by atoms with van der Waals surface area (Å²) in [6.45, 7) is 4.74. The molecule has 0 aliphatic carbocycles. The van der Waals surface area contributed by atoms with Crippen molar-refractivity contribution >= 4 is 23.7 Å². The van der Waals surface area contributed by atoms with Gasteiger partial charge in [-0.1, -0.05) is 29.8 Å². The first-order chi connectivity index (χ1) is 12.7. The second kappa shape index (κ2) is 9.43. The van der Waals surface area contributed by atoms with Crippen LogP contribution < -0.4 is 5.43 Å². The van der Waals surface area contributed by atoms with Crippen LogP contribution >= 0.6 is 11.6 Å². The Morgan fingerprint density at radius 2 is 1.81 bits per heavy atom. The number of halogens is 1. The van der Waals surface area contributed by atoms with Gasteiger partial charge in [-0.15, -0.1) is 0 Å². The van der Waals surface area contributed by atoms with E-state index in [1.165, 1.54) is 0 Å². The highest BCUT2D eigenvalue weighted by molar-refractivity contribution is 6.31. The summed E-state index contributed by atoms with van der Waals surface area (Å²) in [5, 5.41) is 4.79. The van der Waals surface area contributed by atoms with Crippen LogP contribution in [-0.4, -0.2) is 59.6 Å². The molecule has 1 aromatic heterocycles. The van der Waals surface area contributed by atoms with Crippen molar-refractivity contribution in [2.75, 3.05) is 32.7 Å². The van der Waals surface area contributed by atoms with Gasteiger partial charge in [0.05, 0.1) is 12.8 Å². The van der Waals surface area contributed by atoms with Gasteiger partial charge in [0.1, 0.15) is 0 Å². The highest BCUT2D eigenvalue weighted by Crippen LogP contribution is 2.17. The van der Waals surface area contributed by atoms with Gasteiger partial charge in [0.2, 0.25) is 0 Å². The molecule has 1 saturated heterocycles. The van der Waals surface area contributed by atoms with E-state index in [0.717, 1.165) is 48.9 Å². The molecule has 1 aromatic carbocycles. The number of carbonyl (C=O) groups is 1. The molecule has 1 aliphatic heterocycles. The fourth-order valence-corrected chi connectivity index (χ4v) is 3.04. The molecule has 1 fully saturated rings. The molecule has 26 heavy (non-hydrogen) atoms. The fourth-order valence-electron chi connectivity index (χ4n) is 2.84. The Kier molecular flexibility index (Phi) is 6.71. The second-order valence-corrected chi connectivity index (χ2v) is 6.62. The van der Waals surface area contributed by atoms with Gasteiger partial charge in [0.25, 0.3) is 5.91 Å². The molecule has 136 valence electrons. The molecule has 2 heterocycles. The van der Waals surface area contributed by atoms with Crippen molar-refractivity contribution in [1.82, 2.24) is 20.2 Å². The summed E-state index contributed by atoms with van der Waals surface area (Å²) in [6, 6.07) is 11.6. The highest BCUT2D eigenvalue weighted by atomic mass is 35.5. The number of benzene rings is 1. The van der Waals surface area contributed by atoms with Crippen molar-refractivity contribution in [1.29, 1.82) is 0 Å². The van der Waals surface area contributed by atoms with E-state index in [1.54, 1.807) is 18.6 Å². The van der Waals surface area contributed by atoms with E-state index in [1.807, 2.05) is 30.3 Å². The summed E-state index contributed by atoms with van der Waals surface area (Å²) in [7, 11) is 0. The van der Waals surface area contributed by atoms with Crippen LogP contribution in [0, 0.1) is 0 Å². The molecule has 0 atom stereocenters. The smallest absolute Gasteiger partial charge is 0.254 e. The molecule has 2 aromatic rings. The maximum Gasteiger partial charge on any atom is 0.254 e. The minimum atomic E-state index is -0.102. The van der Waals surface area contributed by atoms with Gasteiger partial charge in [0.15, 0.2) is 0 Å². The number of nitrogens with zero attached hydrogens (tertiary/aromatic N) is 4. The largest absolute Gasteiger partial charge is 0.296 e. The standard InChI is InChI=1S/C19H22ClN5O/c20-18-4-2-1-3-17(18)14-24-9-11-25(12-10-24)15-19(26)23-22-13-16-5-7-21-8-6-16/h1-8,13H,9-12,14-15H2,(H,23,26). The number of amides is 1. The minimum Gasteiger partial charge on any atom is -0.296 e. The Morgan fingerprint density at radius 3 is 2.54 bits per heavy atom. The van der Waals surface area contributed by atoms with Crippen molar-refractivity contribution in [2.24, 2.45) is 5.10 Å². The fraction of sp³-hybridized carbons (Fsp3) is 0.316. The normalized spacial score (nSPS) is 16.0. The number of pyridine rings is 1. The van der Waals surface area contributed by atoms with Crippen molar-refractivity contribution in [3.05, 3.63) is 64.9 Å². The molecular formula is C19H22ClN5O. The Hall–Kier alpha value is -2.28. The molecule has 0 spiro atoms. The molecule has 1 amide bonds. The number of hydrogen-bond acceptors (Lipinski definition) is 5. The van der Waals surface area contributed by atoms with Gasteiger partial charge >= 0.3 is 0 Å². The van der Waals surface area contributed by atoms with Crippen molar-refractivity contribution in [3.8, 4) is 0 Å². The van der Waals surface area contributed by atoms with Gasteiger partial charge < -0.3 is 0 Å². The second-order valence-electron chi connectivity index (χ2n) is 6.22. The lowest BCUT2D eigenvalue weighted by atomic mass is 10.2. The number of nitrogens with one attached hydrogen (secondary N) is 1. The van der Waals surface area contributed by atoms with Crippen molar-refractivity contribution in [3.63, 3.8) is 0 Å². The third kappa shape index (κ3) is 5.62. The van der Waals surface area contributed by atoms with E-state index in [4.69, 9.17) is 11.6 Å². The van der Waals surface area contributed by atoms with Crippen LogP contribution in [0.5, 0.6) is 0 Å². The van der Waals surface area contributed by atoms with Gasteiger partial charge in [-0.3, -0.25) is 19.6 Å². The van der Waals surface area contributed by atoms with E-state index in [0.29, 0.717) is 6.54 Å². The van der Waals surface area contributed by atoms with Crippen LogP contribution in [0.25, 0.3) is 0 Å². The Bertz CT molecular complexity index is 745. The minimum absolute atomic E-state index is 0.102. The summed E-state index contributed by atoms with van der Waals surface area (Å²) < 4.78 is 0. The predicted octanol–water partition coefficient (Wildman–Crippen LogP) is 2.00. The van der Waals surface area contributed by atoms with E-state index >= 15 is 0 Å². The first kappa shape index (κ1) is 18.5. The average Bonchev–Trinajstić information content (AvgIpc) is 2.66. The van der Waals surface area contributed by atoms with Crippen LogP contribution in [0.4, 0.5) is 0 Å². The molecule has 1 N–H and O–H groups in total. The average molecular weight is 372 g/mol. The third-order valence-corrected chi connectivity index (χ3v) is 4.66. The van der Waals surface area contributed by atoms with Gasteiger partial charge in [0, 0.05) is 50.1 Å². The van der Waals surface area contributed by atoms with E-state index in [2.05, 4.69) is 31.4 Å². The molecule has 0 saturated carbocycles. The number of aromatic nitrogens is 1. The van der Waals surface area contributed by atoms with Gasteiger partial charge in [-0.2, -0.15) is 5.10 Å². The quantitative estimate of drug-likeness (QED) is 0.623. The molecular weight excluding hydrogens is 350 g/mol. The van der Waals surface area contributed by atoms with Crippen molar-refractivity contribution in [2.45, 2.75) is 6.54 Å². The van der Waals surface area contributed by atoms with Crippen LogP contribution in [-0.2, 0) is 11.3 Å². The number of hydrogen-bond donors (Lipinski definition) is 1. The molecule has 0 radical (unpaired) electrons. The van der Waals surface area contributed by atoms with Gasteiger partial charge in [-0.05, 0) is 29.3 Å². The van der Waals surface area contributed by atoms with E-state index < -0.39 is 0 Å². The summed E-state index contributed by atoms with van der Waals surface area (Å²) in [4.78, 5) is 20.4. The molecule has 3 rings (SSSR count). The lowest BCUT2D eigenvalue weighted by Crippen LogP contribution is -2.48. The first-order valence-electron chi connectivity index (χ1n) is 8.61. The lowest BCUT2D eigenvalue weighted by Gasteiger charge is -2.34. The van der Waals surface area contributed by atoms with Crippen LogP contribution in [0.1, 0.15) is 11.1 Å². The third-order valence-electron chi connectivity index (χ3n) is 4.29. The highest BCUT2D eigenvalue weighted by Gasteiger charge is 2.19. The predicted molar refractivity (Wildman–Crippen MR) is 103 cm³/mol. The Balaban J connectivity index is 1.39. The molecule has 6 nitrogen and oxygen atoms in total. The summed E-state index contributed by atoms with van der Waals surface area (Å²) in [5.74, 6) is -0.102. The lowest BCUT2D eigenvalue weighted by molar-refractivity contribution is -0.122. The SMILES string of the molecule is O=C(CN1CCN(Cc2ccccc2Cl)CC1)NN=Cc1ccncc1. The zero-order valence-electron chi connectivity index (χ0n) is 14.5. The zero-order chi connectivity index (χ0) is 18.2. The van der Waals surface area contributed by atoms with E-state index in [-0.39, 0.29) is 5.91 Å². The molecule has 0 bridgehead atoms. The molecule has 0 unspecified atom stereocenters. The zero-order valence-corrected chi connectivity index (χ0v) is 15.3. The molecule has 7 heteroatoms. The van der Waals surface area contributed by atoms with Gasteiger partial charge in [-0.25, -0.2) is 5.43 Å². The Labute approximate surface area is 158 Å². The number of rotatable bonds is 6. The summed E-state index contributed by atoms with van der Waals surface area (Å²) in [5.41, 5.74) is 4.62. The van der Waals surface area contributed by atoms with Crippen molar-refractivity contribution < 1.29 is 4.79 Å². The van der Waals surface area contributed by atoms with E-state index in [9.17, 15) is 4.79 Å². The number of hydrazone groups is 1. The van der Waals surface area contributed by atoms with Crippen LogP contribution in [0.2, 0.25) is 5.02 Å². The van der Waals surface area contributed by atoms with Crippen LogP contribution in [0.15, 0.2) is 53.9 Å².